The minimum atomic E-state index is -0.450. The molecule has 0 amide bonds. The van der Waals surface area contributed by atoms with Crippen LogP contribution in [-0.4, -0.2) is 29.5 Å². The summed E-state index contributed by atoms with van der Waals surface area (Å²) >= 11 is 0. The maximum atomic E-state index is 9.35. The van der Waals surface area contributed by atoms with Crippen LogP contribution < -0.4 is 0 Å². The van der Waals surface area contributed by atoms with Gasteiger partial charge in [0.25, 0.3) is 0 Å². The monoisotopic (exact) mass is 238 g/mol. The fourth-order valence-corrected chi connectivity index (χ4v) is 1.70. The van der Waals surface area contributed by atoms with Crippen LogP contribution >= 0.6 is 0 Å². The summed E-state index contributed by atoms with van der Waals surface area (Å²) < 4.78 is 5.53. The predicted molar refractivity (Wildman–Crippen MR) is 67.6 cm³/mol. The molecule has 0 heterocycles. The van der Waals surface area contributed by atoms with E-state index in [1.165, 1.54) is 5.56 Å². The van der Waals surface area contributed by atoms with Gasteiger partial charge in [-0.05, 0) is 25.3 Å². The maximum Gasteiger partial charge on any atom is 0.0716 e. The topological polar surface area (TPSA) is 49.7 Å². The summed E-state index contributed by atoms with van der Waals surface area (Å²) in [5.41, 5.74) is 1.17. The zero-order chi connectivity index (χ0) is 12.5. The van der Waals surface area contributed by atoms with Gasteiger partial charge in [0.2, 0.25) is 0 Å². The van der Waals surface area contributed by atoms with Crippen LogP contribution in [0.25, 0.3) is 0 Å². The van der Waals surface area contributed by atoms with E-state index in [4.69, 9.17) is 9.84 Å². The average Bonchev–Trinajstić information content (AvgIpc) is 2.34. The first-order chi connectivity index (χ1) is 8.24. The molecule has 2 atom stereocenters. The maximum absolute atomic E-state index is 9.35. The summed E-state index contributed by atoms with van der Waals surface area (Å²) in [6.07, 6.45) is 1.21. The third-order valence-electron chi connectivity index (χ3n) is 2.89. The third kappa shape index (κ3) is 5.82. The molecule has 3 nitrogen and oxygen atoms in total. The fraction of sp³-hybridized carbons (Fsp3) is 0.571. The largest absolute Gasteiger partial charge is 0.396 e. The normalized spacial score (nSPS) is 14.5. The molecule has 96 valence electrons. The first kappa shape index (κ1) is 14.2. The number of aliphatic hydroxyl groups is 2. The van der Waals surface area contributed by atoms with Crippen LogP contribution in [0.1, 0.15) is 25.3 Å². The molecule has 0 fully saturated rings. The van der Waals surface area contributed by atoms with Gasteiger partial charge in [-0.2, -0.15) is 0 Å². The standard InChI is InChI=1S/C14H22O3/c1-12(16)14(10-15)8-5-9-17-11-13-6-3-2-4-7-13/h2-4,6-7,12,14-16H,5,8-11H2,1H3/t12-,14+/m1/s1. The molecule has 1 aromatic carbocycles. The lowest BCUT2D eigenvalue weighted by Gasteiger charge is -2.16. The van der Waals surface area contributed by atoms with E-state index >= 15 is 0 Å². The molecule has 0 aliphatic rings. The van der Waals surface area contributed by atoms with E-state index in [1.807, 2.05) is 30.3 Å². The summed E-state index contributed by atoms with van der Waals surface area (Å²) in [6.45, 7) is 3.04. The van der Waals surface area contributed by atoms with Crippen molar-refractivity contribution in [2.45, 2.75) is 32.5 Å². The molecule has 3 heteroatoms. The summed E-state index contributed by atoms with van der Waals surface area (Å²) in [6, 6.07) is 10.0. The highest BCUT2D eigenvalue weighted by Gasteiger charge is 2.12. The van der Waals surface area contributed by atoms with Gasteiger partial charge in [0.05, 0.1) is 12.7 Å². The molecular formula is C14H22O3. The SMILES string of the molecule is C[C@@H](O)[C@H](CO)CCCOCc1ccccc1. The van der Waals surface area contributed by atoms with Crippen LogP contribution in [0.4, 0.5) is 0 Å². The predicted octanol–water partition coefficient (Wildman–Crippen LogP) is 1.97. The molecule has 0 aromatic heterocycles. The number of rotatable bonds is 8. The Labute approximate surface area is 103 Å². The van der Waals surface area contributed by atoms with Crippen molar-refractivity contribution in [1.29, 1.82) is 0 Å². The zero-order valence-corrected chi connectivity index (χ0v) is 10.4. The number of hydrogen-bond acceptors (Lipinski definition) is 3. The van der Waals surface area contributed by atoms with Gasteiger partial charge < -0.3 is 14.9 Å². The Balaban J connectivity index is 2.08. The summed E-state index contributed by atoms with van der Waals surface area (Å²) in [4.78, 5) is 0. The van der Waals surface area contributed by atoms with Crippen molar-refractivity contribution in [3.05, 3.63) is 35.9 Å². The Kier molecular flexibility index (Phi) is 6.86. The van der Waals surface area contributed by atoms with Gasteiger partial charge in [0.1, 0.15) is 0 Å². The molecule has 1 aromatic rings. The third-order valence-corrected chi connectivity index (χ3v) is 2.89. The Morgan fingerprint density at radius 3 is 2.53 bits per heavy atom. The Bertz CT molecular complexity index is 285. The van der Waals surface area contributed by atoms with E-state index < -0.39 is 6.10 Å². The van der Waals surface area contributed by atoms with Gasteiger partial charge in [-0.15, -0.1) is 0 Å². The lowest BCUT2D eigenvalue weighted by molar-refractivity contribution is 0.0613. The number of ether oxygens (including phenoxy) is 1. The number of benzene rings is 1. The molecule has 0 bridgehead atoms. The van der Waals surface area contributed by atoms with Crippen LogP contribution in [0.3, 0.4) is 0 Å². The molecule has 0 aliphatic carbocycles. The van der Waals surface area contributed by atoms with Crippen LogP contribution in [0.15, 0.2) is 30.3 Å². The molecule has 0 radical (unpaired) electrons. The highest BCUT2D eigenvalue weighted by Crippen LogP contribution is 2.11. The van der Waals surface area contributed by atoms with Crippen molar-refractivity contribution in [3.8, 4) is 0 Å². The second-order valence-corrected chi connectivity index (χ2v) is 4.36. The fourth-order valence-electron chi connectivity index (χ4n) is 1.70. The van der Waals surface area contributed by atoms with E-state index in [9.17, 15) is 5.11 Å². The van der Waals surface area contributed by atoms with Crippen LogP contribution in [0.2, 0.25) is 0 Å². The highest BCUT2D eigenvalue weighted by atomic mass is 16.5. The Hall–Kier alpha value is -0.900. The quantitative estimate of drug-likeness (QED) is 0.681. The summed E-state index contributed by atoms with van der Waals surface area (Å²) in [7, 11) is 0. The van der Waals surface area contributed by atoms with Crippen molar-refractivity contribution >= 4 is 0 Å². The lowest BCUT2D eigenvalue weighted by atomic mass is 9.99. The Morgan fingerprint density at radius 1 is 1.24 bits per heavy atom. The molecular weight excluding hydrogens is 216 g/mol. The van der Waals surface area contributed by atoms with Crippen molar-refractivity contribution < 1.29 is 14.9 Å². The second-order valence-electron chi connectivity index (χ2n) is 4.36. The van der Waals surface area contributed by atoms with Crippen molar-refractivity contribution in [1.82, 2.24) is 0 Å². The van der Waals surface area contributed by atoms with Crippen molar-refractivity contribution in [3.63, 3.8) is 0 Å². The first-order valence-corrected chi connectivity index (χ1v) is 6.14. The molecule has 0 unspecified atom stereocenters. The van der Waals surface area contributed by atoms with E-state index in [0.29, 0.717) is 13.2 Å². The molecule has 2 N–H and O–H groups in total. The number of aliphatic hydroxyl groups excluding tert-OH is 2. The summed E-state index contributed by atoms with van der Waals surface area (Å²) in [5.74, 6) is -0.0321. The molecule has 0 aliphatic heterocycles. The zero-order valence-electron chi connectivity index (χ0n) is 10.4. The van der Waals surface area contributed by atoms with Gasteiger partial charge in [0, 0.05) is 19.1 Å². The van der Waals surface area contributed by atoms with E-state index in [0.717, 1.165) is 12.8 Å². The molecule has 0 saturated carbocycles. The van der Waals surface area contributed by atoms with Crippen molar-refractivity contribution in [2.24, 2.45) is 5.92 Å². The van der Waals surface area contributed by atoms with E-state index in [2.05, 4.69) is 0 Å². The van der Waals surface area contributed by atoms with Gasteiger partial charge in [0.15, 0.2) is 0 Å². The van der Waals surface area contributed by atoms with Crippen LogP contribution in [0.5, 0.6) is 0 Å². The highest BCUT2D eigenvalue weighted by molar-refractivity contribution is 5.13. The van der Waals surface area contributed by atoms with Gasteiger partial charge >= 0.3 is 0 Å². The Morgan fingerprint density at radius 2 is 1.94 bits per heavy atom. The minimum absolute atomic E-state index is 0.0321. The van der Waals surface area contributed by atoms with E-state index in [-0.39, 0.29) is 12.5 Å². The molecule has 0 spiro atoms. The molecule has 0 saturated heterocycles. The van der Waals surface area contributed by atoms with E-state index in [1.54, 1.807) is 6.92 Å². The van der Waals surface area contributed by atoms with Crippen molar-refractivity contribution in [2.75, 3.05) is 13.2 Å². The molecule has 17 heavy (non-hydrogen) atoms. The smallest absolute Gasteiger partial charge is 0.0716 e. The average molecular weight is 238 g/mol. The van der Waals surface area contributed by atoms with Gasteiger partial charge in [-0.1, -0.05) is 30.3 Å². The summed E-state index contributed by atoms with van der Waals surface area (Å²) in [5, 5.41) is 18.4. The number of hydrogen-bond donors (Lipinski definition) is 2. The van der Waals surface area contributed by atoms with Gasteiger partial charge in [-0.3, -0.25) is 0 Å². The van der Waals surface area contributed by atoms with Crippen LogP contribution in [0, 0.1) is 5.92 Å². The lowest BCUT2D eigenvalue weighted by Crippen LogP contribution is -2.20. The van der Waals surface area contributed by atoms with Crippen LogP contribution in [-0.2, 0) is 11.3 Å². The molecule has 1 rings (SSSR count). The minimum Gasteiger partial charge on any atom is -0.396 e. The second kappa shape index (κ2) is 8.23. The van der Waals surface area contributed by atoms with Gasteiger partial charge in [-0.25, -0.2) is 0 Å². The first-order valence-electron chi connectivity index (χ1n) is 6.14.